The summed E-state index contributed by atoms with van der Waals surface area (Å²) in [6.07, 6.45) is 0. The predicted molar refractivity (Wildman–Crippen MR) is 222 cm³/mol. The lowest BCUT2D eigenvalue weighted by Crippen LogP contribution is -2.43. The van der Waals surface area contributed by atoms with Gasteiger partial charge in [-0.1, -0.05) is 173 Å². The highest BCUT2D eigenvalue weighted by Crippen LogP contribution is 2.58. The van der Waals surface area contributed by atoms with Gasteiger partial charge in [0, 0.05) is 38.4 Å². The molecular formula is C50H39N3. The second-order valence-electron chi connectivity index (χ2n) is 15.4. The van der Waals surface area contributed by atoms with Crippen LogP contribution < -0.4 is 0 Å². The molecule has 1 aliphatic carbocycles. The molecule has 254 valence electrons. The van der Waals surface area contributed by atoms with Crippen LogP contribution in [0.4, 0.5) is 0 Å². The van der Waals surface area contributed by atoms with Gasteiger partial charge in [0.1, 0.15) is 0 Å². The van der Waals surface area contributed by atoms with Crippen molar-refractivity contribution >= 4 is 32.6 Å². The number of hydrogen-bond acceptors (Lipinski definition) is 2. The fraction of sp³-hybridized carbons (Fsp3) is 0.120. The number of aromatic nitrogens is 3. The molecule has 1 aliphatic rings. The topological polar surface area (TPSA) is 30.7 Å². The van der Waals surface area contributed by atoms with E-state index < -0.39 is 0 Å². The van der Waals surface area contributed by atoms with Crippen molar-refractivity contribution in [2.24, 2.45) is 0 Å². The molecule has 0 atom stereocenters. The summed E-state index contributed by atoms with van der Waals surface area (Å²) in [4.78, 5) is 10.4. The third-order valence-corrected chi connectivity index (χ3v) is 12.1. The Balaban J connectivity index is 1.32. The van der Waals surface area contributed by atoms with Gasteiger partial charge >= 0.3 is 0 Å². The predicted octanol–water partition coefficient (Wildman–Crippen LogP) is 13.0. The number of para-hydroxylation sites is 2. The second kappa shape index (κ2) is 11.6. The Morgan fingerprint density at radius 1 is 0.472 bits per heavy atom. The average Bonchev–Trinajstić information content (AvgIpc) is 3.54. The van der Waals surface area contributed by atoms with Gasteiger partial charge in [-0.2, -0.15) is 0 Å². The maximum Gasteiger partial charge on any atom is 0.160 e. The van der Waals surface area contributed by atoms with Crippen LogP contribution in [0.5, 0.6) is 0 Å². The lowest BCUT2D eigenvalue weighted by Gasteiger charge is -2.49. The molecule has 3 heteroatoms. The molecule has 0 spiro atoms. The van der Waals surface area contributed by atoms with Gasteiger partial charge in [0.15, 0.2) is 5.82 Å². The molecule has 9 aromatic rings. The van der Waals surface area contributed by atoms with Gasteiger partial charge in [-0.05, 0) is 51.1 Å². The van der Waals surface area contributed by atoms with E-state index in [4.69, 9.17) is 9.97 Å². The zero-order valence-corrected chi connectivity index (χ0v) is 30.4. The molecule has 0 unspecified atom stereocenters. The lowest BCUT2D eigenvalue weighted by molar-refractivity contribution is 0.301. The van der Waals surface area contributed by atoms with Gasteiger partial charge in [0.05, 0.1) is 28.1 Å². The van der Waals surface area contributed by atoms with E-state index in [-0.39, 0.29) is 10.8 Å². The highest BCUT2D eigenvalue weighted by Gasteiger charge is 2.47. The molecule has 0 bridgehead atoms. The second-order valence-corrected chi connectivity index (χ2v) is 15.4. The fourth-order valence-corrected chi connectivity index (χ4v) is 8.85. The molecular weight excluding hydrogens is 643 g/mol. The minimum atomic E-state index is -0.156. The molecule has 0 saturated carbocycles. The molecule has 53 heavy (non-hydrogen) atoms. The van der Waals surface area contributed by atoms with Crippen LogP contribution in [-0.4, -0.2) is 14.5 Å². The van der Waals surface area contributed by atoms with Gasteiger partial charge in [-0.3, -0.25) is 0 Å². The molecule has 0 aliphatic heterocycles. The van der Waals surface area contributed by atoms with Crippen LogP contribution in [0.25, 0.3) is 83.3 Å². The molecule has 7 aromatic carbocycles. The minimum absolute atomic E-state index is 0.124. The summed E-state index contributed by atoms with van der Waals surface area (Å²) in [5.74, 6) is 0.709. The van der Waals surface area contributed by atoms with E-state index in [9.17, 15) is 0 Å². The van der Waals surface area contributed by atoms with E-state index >= 15 is 0 Å². The van der Waals surface area contributed by atoms with Gasteiger partial charge in [0.25, 0.3) is 0 Å². The van der Waals surface area contributed by atoms with E-state index in [0.717, 1.165) is 33.8 Å². The molecule has 0 saturated heterocycles. The first-order valence-electron chi connectivity index (χ1n) is 18.5. The molecule has 3 nitrogen and oxygen atoms in total. The standard InChI is InChI=1S/C50H39N3/c1-49(2)40-30-29-37-36-23-13-15-25-43(36)53(47(37)45(40)39-28-27-32-17-11-12-22-35(32)46(39)50(49,3)4)44-26-16-14-24-38(44)42-31-41(33-18-7-5-8-19-33)51-48(52-42)34-20-9-6-10-21-34/h5-31H,1-4H3. The van der Waals surface area contributed by atoms with Crippen molar-refractivity contribution in [1.82, 2.24) is 14.5 Å². The zero-order chi connectivity index (χ0) is 35.9. The summed E-state index contributed by atoms with van der Waals surface area (Å²) >= 11 is 0. The smallest absolute Gasteiger partial charge is 0.160 e. The molecule has 2 heterocycles. The van der Waals surface area contributed by atoms with Crippen molar-refractivity contribution in [2.75, 3.05) is 0 Å². The number of hydrogen-bond donors (Lipinski definition) is 0. The summed E-state index contributed by atoms with van der Waals surface area (Å²) in [6, 6.07) is 58.8. The quantitative estimate of drug-likeness (QED) is 0.185. The Labute approximate surface area is 310 Å². The van der Waals surface area contributed by atoms with Crippen molar-refractivity contribution in [2.45, 2.75) is 38.5 Å². The van der Waals surface area contributed by atoms with Crippen molar-refractivity contribution in [1.29, 1.82) is 0 Å². The van der Waals surface area contributed by atoms with Crippen LogP contribution in [-0.2, 0) is 10.8 Å². The van der Waals surface area contributed by atoms with Crippen LogP contribution in [0.2, 0.25) is 0 Å². The van der Waals surface area contributed by atoms with E-state index in [1.807, 2.05) is 24.3 Å². The number of nitrogens with zero attached hydrogens (tertiary/aromatic N) is 3. The van der Waals surface area contributed by atoms with E-state index in [0.29, 0.717) is 5.82 Å². The Morgan fingerprint density at radius 3 is 1.91 bits per heavy atom. The lowest BCUT2D eigenvalue weighted by atomic mass is 9.54. The third kappa shape index (κ3) is 4.60. The van der Waals surface area contributed by atoms with Crippen LogP contribution in [0.15, 0.2) is 164 Å². The van der Waals surface area contributed by atoms with Crippen LogP contribution in [0, 0.1) is 0 Å². The minimum Gasteiger partial charge on any atom is -0.308 e. The van der Waals surface area contributed by atoms with Gasteiger partial charge in [0.2, 0.25) is 0 Å². The first kappa shape index (κ1) is 31.4. The highest BCUT2D eigenvalue weighted by atomic mass is 15.0. The largest absolute Gasteiger partial charge is 0.308 e. The fourth-order valence-electron chi connectivity index (χ4n) is 8.85. The SMILES string of the molecule is CC1(C)c2ccc3c4ccccc4n(-c4ccccc4-c4cc(-c5ccccc5)nc(-c5ccccc5)n4)c3c2-c2ccc3ccccc3c2C1(C)C. The maximum absolute atomic E-state index is 5.31. The third-order valence-electron chi connectivity index (χ3n) is 12.1. The van der Waals surface area contributed by atoms with E-state index in [1.54, 1.807) is 0 Å². The number of benzene rings is 7. The molecule has 0 radical (unpaired) electrons. The van der Waals surface area contributed by atoms with Crippen molar-refractivity contribution < 1.29 is 0 Å². The number of rotatable bonds is 4. The molecule has 2 aromatic heterocycles. The molecule has 10 rings (SSSR count). The number of fused-ring (bicyclic) bond motifs is 9. The van der Waals surface area contributed by atoms with Gasteiger partial charge in [-0.25, -0.2) is 9.97 Å². The maximum atomic E-state index is 5.31. The Morgan fingerprint density at radius 2 is 1.11 bits per heavy atom. The Bertz CT molecular complexity index is 2820. The first-order valence-corrected chi connectivity index (χ1v) is 18.5. The van der Waals surface area contributed by atoms with Crippen LogP contribution >= 0.6 is 0 Å². The highest BCUT2D eigenvalue weighted by molar-refractivity contribution is 6.16. The van der Waals surface area contributed by atoms with Crippen molar-refractivity contribution in [3.05, 3.63) is 175 Å². The monoisotopic (exact) mass is 681 g/mol. The van der Waals surface area contributed by atoms with Crippen LogP contribution in [0.3, 0.4) is 0 Å². The van der Waals surface area contributed by atoms with Crippen molar-refractivity contribution in [3.8, 4) is 50.7 Å². The average molecular weight is 682 g/mol. The van der Waals surface area contributed by atoms with Crippen molar-refractivity contribution in [3.63, 3.8) is 0 Å². The van der Waals surface area contributed by atoms with E-state index in [1.165, 1.54) is 54.8 Å². The molecule has 0 amide bonds. The Hall–Kier alpha value is -6.32. The summed E-state index contributed by atoms with van der Waals surface area (Å²) in [5.41, 5.74) is 13.5. The summed E-state index contributed by atoms with van der Waals surface area (Å²) in [5, 5.41) is 5.10. The van der Waals surface area contributed by atoms with E-state index in [2.05, 4.69) is 172 Å². The van der Waals surface area contributed by atoms with Gasteiger partial charge in [-0.15, -0.1) is 0 Å². The molecule has 0 fully saturated rings. The summed E-state index contributed by atoms with van der Waals surface area (Å²) in [6.45, 7) is 9.72. The molecule has 0 N–H and O–H groups in total. The summed E-state index contributed by atoms with van der Waals surface area (Å²) < 4.78 is 2.51. The summed E-state index contributed by atoms with van der Waals surface area (Å²) in [7, 11) is 0. The Kier molecular flexibility index (Phi) is 6.87. The zero-order valence-electron chi connectivity index (χ0n) is 30.4. The van der Waals surface area contributed by atoms with Crippen LogP contribution in [0.1, 0.15) is 38.8 Å². The first-order chi connectivity index (χ1) is 25.8. The normalized spacial score (nSPS) is 14.3. The van der Waals surface area contributed by atoms with Gasteiger partial charge < -0.3 is 4.57 Å².